The molecule has 0 spiro atoms. The van der Waals surface area contributed by atoms with E-state index in [-0.39, 0.29) is 24.8 Å². The van der Waals surface area contributed by atoms with Crippen molar-refractivity contribution in [3.8, 4) is 5.75 Å². The van der Waals surface area contributed by atoms with Crippen molar-refractivity contribution in [2.45, 2.75) is 26.7 Å². The van der Waals surface area contributed by atoms with Gasteiger partial charge in [-0.1, -0.05) is 23.4 Å². The molecular formula is C18H23N3O4. The van der Waals surface area contributed by atoms with Crippen LogP contribution in [-0.2, 0) is 16.0 Å². The maximum absolute atomic E-state index is 12.0. The summed E-state index contributed by atoms with van der Waals surface area (Å²) < 4.78 is 10.3. The van der Waals surface area contributed by atoms with E-state index < -0.39 is 0 Å². The van der Waals surface area contributed by atoms with Gasteiger partial charge in [0.05, 0.1) is 7.11 Å². The van der Waals surface area contributed by atoms with Crippen molar-refractivity contribution in [3.05, 3.63) is 41.7 Å². The van der Waals surface area contributed by atoms with Gasteiger partial charge in [0, 0.05) is 32.5 Å². The first-order valence-corrected chi connectivity index (χ1v) is 8.11. The standard InChI is InChI=1S/C18H23N3O4/c1-13-12-17(20-25-13)21(14(2)22)11-9-18(23)19-10-8-15-6-4-5-7-16(15)24-3/h4-7,12H,8-11H2,1-3H3,(H,19,23). The predicted octanol–water partition coefficient (Wildman–Crippen LogP) is 2.09. The topological polar surface area (TPSA) is 84.7 Å². The van der Waals surface area contributed by atoms with Crippen molar-refractivity contribution in [1.29, 1.82) is 0 Å². The Morgan fingerprint density at radius 2 is 2.08 bits per heavy atom. The van der Waals surface area contributed by atoms with Gasteiger partial charge in [-0.3, -0.25) is 14.5 Å². The Morgan fingerprint density at radius 1 is 1.32 bits per heavy atom. The monoisotopic (exact) mass is 345 g/mol. The van der Waals surface area contributed by atoms with Crippen LogP contribution in [0.5, 0.6) is 5.75 Å². The Labute approximate surface area is 146 Å². The largest absolute Gasteiger partial charge is 0.496 e. The van der Waals surface area contributed by atoms with Gasteiger partial charge in [-0.15, -0.1) is 0 Å². The third-order valence-electron chi connectivity index (χ3n) is 3.74. The van der Waals surface area contributed by atoms with Gasteiger partial charge in [0.25, 0.3) is 0 Å². The molecule has 0 aliphatic rings. The maximum Gasteiger partial charge on any atom is 0.225 e. The molecule has 0 unspecified atom stereocenters. The fraction of sp³-hybridized carbons (Fsp3) is 0.389. The SMILES string of the molecule is COc1ccccc1CCNC(=O)CCN(C(C)=O)c1cc(C)on1. The zero-order valence-electron chi connectivity index (χ0n) is 14.7. The van der Waals surface area contributed by atoms with E-state index >= 15 is 0 Å². The third-order valence-corrected chi connectivity index (χ3v) is 3.74. The van der Waals surface area contributed by atoms with Crippen molar-refractivity contribution >= 4 is 17.6 Å². The normalized spacial score (nSPS) is 10.4. The van der Waals surface area contributed by atoms with Gasteiger partial charge in [-0.25, -0.2) is 0 Å². The van der Waals surface area contributed by atoms with Crippen molar-refractivity contribution in [2.24, 2.45) is 0 Å². The highest BCUT2D eigenvalue weighted by Gasteiger charge is 2.16. The van der Waals surface area contributed by atoms with Gasteiger partial charge < -0.3 is 14.6 Å². The van der Waals surface area contributed by atoms with E-state index in [4.69, 9.17) is 9.26 Å². The lowest BCUT2D eigenvalue weighted by molar-refractivity contribution is -0.121. The van der Waals surface area contributed by atoms with Crippen molar-refractivity contribution < 1.29 is 18.8 Å². The molecule has 1 aromatic heterocycles. The number of para-hydroxylation sites is 1. The number of anilines is 1. The molecule has 0 radical (unpaired) electrons. The Kier molecular flexibility index (Phi) is 6.56. The Hall–Kier alpha value is -2.83. The summed E-state index contributed by atoms with van der Waals surface area (Å²) in [7, 11) is 1.62. The van der Waals surface area contributed by atoms with Crippen LogP contribution in [-0.4, -0.2) is 37.2 Å². The summed E-state index contributed by atoms with van der Waals surface area (Å²) in [6, 6.07) is 9.37. The number of carbonyl (C=O) groups excluding carboxylic acids is 2. The van der Waals surface area contributed by atoms with Crippen LogP contribution in [0.1, 0.15) is 24.7 Å². The average Bonchev–Trinajstić information content (AvgIpc) is 3.01. The van der Waals surface area contributed by atoms with Crippen molar-refractivity contribution in [2.75, 3.05) is 25.1 Å². The second-order valence-electron chi connectivity index (χ2n) is 5.63. The number of nitrogens with zero attached hydrogens (tertiary/aromatic N) is 2. The molecule has 7 heteroatoms. The zero-order valence-corrected chi connectivity index (χ0v) is 14.7. The fourth-order valence-corrected chi connectivity index (χ4v) is 2.46. The molecule has 134 valence electrons. The van der Waals surface area contributed by atoms with Crippen LogP contribution in [0.4, 0.5) is 5.82 Å². The molecule has 7 nitrogen and oxygen atoms in total. The van der Waals surface area contributed by atoms with Crippen LogP contribution in [0.25, 0.3) is 0 Å². The molecule has 2 aromatic rings. The molecular weight excluding hydrogens is 322 g/mol. The molecule has 1 N–H and O–H groups in total. The number of aromatic nitrogens is 1. The summed E-state index contributed by atoms with van der Waals surface area (Å²) in [5.74, 6) is 1.53. The summed E-state index contributed by atoms with van der Waals surface area (Å²) in [5.41, 5.74) is 1.04. The van der Waals surface area contributed by atoms with Crippen LogP contribution < -0.4 is 15.0 Å². The first-order valence-electron chi connectivity index (χ1n) is 8.11. The molecule has 2 amide bonds. The molecule has 1 heterocycles. The molecule has 0 atom stereocenters. The van der Waals surface area contributed by atoms with Gasteiger partial charge in [-0.2, -0.15) is 0 Å². The number of carbonyl (C=O) groups is 2. The van der Waals surface area contributed by atoms with Crippen LogP contribution in [0.15, 0.2) is 34.9 Å². The molecule has 0 aliphatic heterocycles. The lowest BCUT2D eigenvalue weighted by atomic mass is 10.1. The van der Waals surface area contributed by atoms with Crippen LogP contribution >= 0.6 is 0 Å². The number of hydrogen-bond donors (Lipinski definition) is 1. The minimum atomic E-state index is -0.185. The van der Waals surface area contributed by atoms with E-state index in [1.165, 1.54) is 11.8 Å². The van der Waals surface area contributed by atoms with Crippen LogP contribution in [0, 0.1) is 6.92 Å². The highest BCUT2D eigenvalue weighted by molar-refractivity contribution is 5.91. The first kappa shape index (κ1) is 18.5. The fourth-order valence-electron chi connectivity index (χ4n) is 2.46. The second kappa shape index (κ2) is 8.86. The summed E-state index contributed by atoms with van der Waals surface area (Å²) >= 11 is 0. The van der Waals surface area contributed by atoms with Gasteiger partial charge >= 0.3 is 0 Å². The molecule has 0 saturated carbocycles. The van der Waals surface area contributed by atoms with E-state index in [0.717, 1.165) is 11.3 Å². The number of rotatable bonds is 8. The molecule has 25 heavy (non-hydrogen) atoms. The number of methoxy groups -OCH3 is 1. The zero-order chi connectivity index (χ0) is 18.2. The van der Waals surface area contributed by atoms with Crippen molar-refractivity contribution in [3.63, 3.8) is 0 Å². The number of nitrogens with one attached hydrogen (secondary N) is 1. The minimum Gasteiger partial charge on any atom is -0.496 e. The van der Waals surface area contributed by atoms with E-state index in [2.05, 4.69) is 10.5 Å². The molecule has 1 aromatic carbocycles. The van der Waals surface area contributed by atoms with Crippen LogP contribution in [0.3, 0.4) is 0 Å². The highest BCUT2D eigenvalue weighted by atomic mass is 16.5. The smallest absolute Gasteiger partial charge is 0.225 e. The van der Waals surface area contributed by atoms with Gasteiger partial charge in [-0.05, 0) is 25.0 Å². The quantitative estimate of drug-likeness (QED) is 0.792. The average molecular weight is 345 g/mol. The first-order chi connectivity index (χ1) is 12.0. The second-order valence-corrected chi connectivity index (χ2v) is 5.63. The number of benzene rings is 1. The number of aryl methyl sites for hydroxylation is 1. The van der Waals surface area contributed by atoms with E-state index in [0.29, 0.717) is 24.5 Å². The number of hydrogen-bond acceptors (Lipinski definition) is 5. The minimum absolute atomic E-state index is 0.124. The Morgan fingerprint density at radius 3 is 2.72 bits per heavy atom. The maximum atomic E-state index is 12.0. The predicted molar refractivity (Wildman–Crippen MR) is 93.6 cm³/mol. The van der Waals surface area contributed by atoms with E-state index in [9.17, 15) is 9.59 Å². The van der Waals surface area contributed by atoms with Crippen molar-refractivity contribution in [1.82, 2.24) is 10.5 Å². The lowest BCUT2D eigenvalue weighted by Gasteiger charge is -2.17. The summed E-state index contributed by atoms with van der Waals surface area (Å²) in [5, 5.41) is 6.68. The molecule has 0 bridgehead atoms. The third kappa shape index (κ3) is 5.34. The van der Waals surface area contributed by atoms with E-state index in [1.54, 1.807) is 20.1 Å². The summed E-state index contributed by atoms with van der Waals surface area (Å²) in [6.45, 7) is 3.94. The summed E-state index contributed by atoms with van der Waals surface area (Å²) in [6.07, 6.45) is 0.867. The van der Waals surface area contributed by atoms with Crippen LogP contribution in [0.2, 0.25) is 0 Å². The van der Waals surface area contributed by atoms with E-state index in [1.807, 2.05) is 24.3 Å². The van der Waals surface area contributed by atoms with Gasteiger partial charge in [0.15, 0.2) is 5.82 Å². The number of amides is 2. The lowest BCUT2D eigenvalue weighted by Crippen LogP contribution is -2.34. The number of ether oxygens (including phenoxy) is 1. The van der Waals surface area contributed by atoms with Gasteiger partial charge in [0.2, 0.25) is 11.8 Å². The molecule has 0 saturated heterocycles. The Bertz CT molecular complexity index is 727. The summed E-state index contributed by atoms with van der Waals surface area (Å²) in [4.78, 5) is 25.2. The Balaban J connectivity index is 1.80. The highest BCUT2D eigenvalue weighted by Crippen LogP contribution is 2.17. The molecule has 0 aliphatic carbocycles. The molecule has 0 fully saturated rings. The van der Waals surface area contributed by atoms with Gasteiger partial charge in [0.1, 0.15) is 11.5 Å². The molecule has 2 rings (SSSR count).